The Morgan fingerprint density at radius 1 is 1.12 bits per heavy atom. The Labute approximate surface area is 281 Å². The molecule has 48 heavy (non-hydrogen) atoms. The van der Waals surface area contributed by atoms with Crippen molar-refractivity contribution in [2.75, 3.05) is 64.7 Å². The number of phenols is 1. The molecule has 1 N–H and O–H groups in total. The van der Waals surface area contributed by atoms with Crippen molar-refractivity contribution in [1.82, 2.24) is 19.9 Å². The predicted octanol–water partition coefficient (Wildman–Crippen LogP) is 7.12. The van der Waals surface area contributed by atoms with Crippen LogP contribution in [0.25, 0.3) is 32.9 Å². The van der Waals surface area contributed by atoms with E-state index in [9.17, 15) is 9.50 Å². The van der Waals surface area contributed by atoms with Crippen LogP contribution < -0.4 is 9.64 Å². The van der Waals surface area contributed by atoms with Gasteiger partial charge in [-0.05, 0) is 86.5 Å². The number of halogens is 2. The van der Waals surface area contributed by atoms with Gasteiger partial charge in [0.1, 0.15) is 35.3 Å². The summed E-state index contributed by atoms with van der Waals surface area (Å²) in [6.45, 7) is 11.2. The lowest BCUT2D eigenvalue weighted by molar-refractivity contribution is 0.144. The number of benzene rings is 2. The van der Waals surface area contributed by atoms with E-state index in [-0.39, 0.29) is 35.1 Å². The number of rotatable bonds is 16. The second kappa shape index (κ2) is 14.8. The SMILES string of the molecule is CCCCN(COCC)c1nc(OCC2(CN(C)CC3CCOC3)CC2)nc2c(F)c(-c3cc(O)cc4ccc(F)c(CC)c34)ncc12. The first-order valence-corrected chi connectivity index (χ1v) is 17.3. The number of aromatic nitrogens is 3. The molecule has 1 atom stereocenters. The average molecular weight is 664 g/mol. The first kappa shape index (κ1) is 34.2. The molecule has 0 bridgehead atoms. The quantitative estimate of drug-likeness (QED) is 0.126. The minimum absolute atomic E-state index is 0.0109. The third kappa shape index (κ3) is 7.33. The van der Waals surface area contributed by atoms with E-state index >= 15 is 4.39 Å². The number of anilines is 1. The van der Waals surface area contributed by atoms with E-state index in [4.69, 9.17) is 19.2 Å². The Morgan fingerprint density at radius 2 is 1.96 bits per heavy atom. The van der Waals surface area contributed by atoms with Gasteiger partial charge in [-0.2, -0.15) is 9.97 Å². The Morgan fingerprint density at radius 3 is 2.67 bits per heavy atom. The van der Waals surface area contributed by atoms with Gasteiger partial charge in [0.05, 0.1) is 18.6 Å². The first-order chi connectivity index (χ1) is 23.3. The van der Waals surface area contributed by atoms with Crippen LogP contribution in [0.2, 0.25) is 0 Å². The summed E-state index contributed by atoms with van der Waals surface area (Å²) in [6, 6.07) is 6.03. The summed E-state index contributed by atoms with van der Waals surface area (Å²) >= 11 is 0. The summed E-state index contributed by atoms with van der Waals surface area (Å²) in [6.07, 6.45) is 6.94. The molecule has 1 saturated heterocycles. The predicted molar refractivity (Wildman–Crippen MR) is 184 cm³/mol. The largest absolute Gasteiger partial charge is 0.508 e. The zero-order valence-corrected chi connectivity index (χ0v) is 28.5. The minimum Gasteiger partial charge on any atom is -0.508 e. The molecule has 2 fully saturated rings. The highest BCUT2D eigenvalue weighted by molar-refractivity contribution is 6.01. The van der Waals surface area contributed by atoms with E-state index in [0.29, 0.717) is 65.2 Å². The highest BCUT2D eigenvalue weighted by Gasteiger charge is 2.45. The van der Waals surface area contributed by atoms with Gasteiger partial charge in [-0.25, -0.2) is 8.78 Å². The normalized spacial score (nSPS) is 17.1. The molecule has 258 valence electrons. The molecule has 1 unspecified atom stereocenters. The summed E-state index contributed by atoms with van der Waals surface area (Å²) in [7, 11) is 2.15. The number of aryl methyl sites for hydroxylation is 1. The van der Waals surface area contributed by atoms with Crippen LogP contribution in [-0.4, -0.2) is 84.8 Å². The zero-order chi connectivity index (χ0) is 33.8. The van der Waals surface area contributed by atoms with Crippen molar-refractivity contribution in [3.05, 3.63) is 47.7 Å². The highest BCUT2D eigenvalue weighted by atomic mass is 19.1. The molecule has 2 aliphatic rings. The number of pyridine rings is 1. The molecule has 1 aliphatic heterocycles. The third-order valence-corrected chi connectivity index (χ3v) is 9.60. The molecular weight excluding hydrogens is 616 g/mol. The lowest BCUT2D eigenvalue weighted by Gasteiger charge is -2.26. The monoisotopic (exact) mass is 663 g/mol. The molecule has 9 nitrogen and oxygen atoms in total. The Hall–Kier alpha value is -3.67. The van der Waals surface area contributed by atoms with Gasteiger partial charge in [-0.3, -0.25) is 4.98 Å². The van der Waals surface area contributed by atoms with E-state index in [2.05, 4.69) is 28.8 Å². The Balaban J connectivity index is 1.41. The fourth-order valence-corrected chi connectivity index (χ4v) is 6.88. The number of fused-ring (bicyclic) bond motifs is 2. The van der Waals surface area contributed by atoms with E-state index in [0.717, 1.165) is 58.4 Å². The van der Waals surface area contributed by atoms with Crippen molar-refractivity contribution in [1.29, 1.82) is 0 Å². The van der Waals surface area contributed by atoms with Gasteiger partial charge in [0.15, 0.2) is 5.82 Å². The number of unbranched alkanes of at least 4 members (excludes halogenated alkanes) is 1. The molecule has 6 rings (SSSR count). The van der Waals surface area contributed by atoms with Crippen molar-refractivity contribution >= 4 is 27.5 Å². The van der Waals surface area contributed by atoms with Gasteiger partial charge in [0.2, 0.25) is 0 Å². The first-order valence-electron chi connectivity index (χ1n) is 17.3. The molecule has 0 radical (unpaired) electrons. The summed E-state index contributed by atoms with van der Waals surface area (Å²) in [4.78, 5) is 18.4. The topological polar surface area (TPSA) is 93.1 Å². The van der Waals surface area contributed by atoms with Crippen molar-refractivity contribution in [3.63, 3.8) is 0 Å². The fraction of sp³-hybridized carbons (Fsp3) is 0.541. The van der Waals surface area contributed by atoms with Crippen molar-refractivity contribution in [2.45, 2.75) is 59.3 Å². The maximum absolute atomic E-state index is 16.9. The lowest BCUT2D eigenvalue weighted by atomic mass is 9.94. The molecule has 1 aliphatic carbocycles. The number of phenolic OH excluding ortho intramolecular Hbond substituents is 1. The number of hydrogen-bond donors (Lipinski definition) is 1. The van der Waals surface area contributed by atoms with E-state index < -0.39 is 11.6 Å². The van der Waals surface area contributed by atoms with E-state index in [1.807, 2.05) is 18.7 Å². The maximum atomic E-state index is 16.9. The van der Waals surface area contributed by atoms with Crippen LogP contribution in [0.1, 0.15) is 58.4 Å². The number of nitrogens with zero attached hydrogens (tertiary/aromatic N) is 5. The second-order valence-electron chi connectivity index (χ2n) is 13.4. The molecule has 0 spiro atoms. The molecule has 0 amide bonds. The van der Waals surface area contributed by atoms with E-state index in [1.165, 1.54) is 12.1 Å². The summed E-state index contributed by atoms with van der Waals surface area (Å²) in [5.74, 6) is -0.110. The Kier molecular flexibility index (Phi) is 10.6. The van der Waals surface area contributed by atoms with Gasteiger partial charge in [-0.15, -0.1) is 0 Å². The van der Waals surface area contributed by atoms with Gasteiger partial charge in [0.25, 0.3) is 0 Å². The standard InChI is InChI=1S/C37H47F2N5O4/c1-5-8-14-44(23-46-7-3)35-29-18-40-33(28-17-26(45)16-25-9-10-30(38)27(6-2)31(25)28)32(39)34(29)41-36(42-35)48-22-37(12-13-37)21-43(4)19-24-11-15-47-20-24/h9-10,16-18,24,45H,5-8,11-15,19-23H2,1-4H3. The fourth-order valence-electron chi connectivity index (χ4n) is 6.88. The smallest absolute Gasteiger partial charge is 0.319 e. The van der Waals surface area contributed by atoms with Gasteiger partial charge < -0.3 is 29.1 Å². The van der Waals surface area contributed by atoms with Crippen molar-refractivity contribution in [3.8, 4) is 23.0 Å². The molecule has 3 heterocycles. The average Bonchev–Trinajstić information content (AvgIpc) is 3.64. The summed E-state index contributed by atoms with van der Waals surface area (Å²) < 4.78 is 49.6. The molecule has 2 aromatic carbocycles. The molecule has 4 aromatic rings. The third-order valence-electron chi connectivity index (χ3n) is 9.60. The highest BCUT2D eigenvalue weighted by Crippen LogP contribution is 2.47. The van der Waals surface area contributed by atoms with Gasteiger partial charge >= 0.3 is 6.01 Å². The number of ether oxygens (including phenoxy) is 3. The number of hydrogen-bond acceptors (Lipinski definition) is 9. The second-order valence-corrected chi connectivity index (χ2v) is 13.4. The van der Waals surface area contributed by atoms with Crippen LogP contribution in [0.4, 0.5) is 14.6 Å². The molecule has 1 saturated carbocycles. The van der Waals surface area contributed by atoms with Gasteiger partial charge in [-0.1, -0.05) is 26.3 Å². The van der Waals surface area contributed by atoms with Crippen LogP contribution in [0, 0.1) is 23.0 Å². The lowest BCUT2D eigenvalue weighted by Crippen LogP contribution is -2.34. The maximum Gasteiger partial charge on any atom is 0.319 e. The molecular formula is C37H47F2N5O4. The van der Waals surface area contributed by atoms with E-state index in [1.54, 1.807) is 18.3 Å². The summed E-state index contributed by atoms with van der Waals surface area (Å²) in [5, 5.41) is 12.1. The minimum atomic E-state index is -0.689. The van der Waals surface area contributed by atoms with Crippen LogP contribution in [-0.2, 0) is 15.9 Å². The van der Waals surface area contributed by atoms with Crippen LogP contribution in [0.5, 0.6) is 11.8 Å². The van der Waals surface area contributed by atoms with Crippen molar-refractivity contribution < 1.29 is 28.1 Å². The van der Waals surface area contributed by atoms with Crippen LogP contribution in [0.3, 0.4) is 0 Å². The van der Waals surface area contributed by atoms with Crippen LogP contribution >= 0.6 is 0 Å². The molecule has 11 heteroatoms. The Bertz CT molecular complexity index is 1740. The molecule has 2 aromatic heterocycles. The van der Waals surface area contributed by atoms with Crippen LogP contribution in [0.15, 0.2) is 30.5 Å². The number of aromatic hydroxyl groups is 1. The van der Waals surface area contributed by atoms with Crippen molar-refractivity contribution in [2.24, 2.45) is 11.3 Å². The van der Waals surface area contributed by atoms with Gasteiger partial charge in [0, 0.05) is 50.0 Å². The summed E-state index contributed by atoms with van der Waals surface area (Å²) in [5.41, 5.74) is 0.739. The zero-order valence-electron chi connectivity index (χ0n) is 28.5.